The third-order valence-electron chi connectivity index (χ3n) is 3.25. The number of anilines is 1. The maximum Gasteiger partial charge on any atom is 0.123 e. The molecule has 2 aromatic heterocycles. The first kappa shape index (κ1) is 18.6. The van der Waals surface area contributed by atoms with Gasteiger partial charge in [0, 0.05) is 12.4 Å². The summed E-state index contributed by atoms with van der Waals surface area (Å²) in [6.07, 6.45) is 3.74. The molecule has 2 heterocycles. The first-order valence-electron chi connectivity index (χ1n) is 7.34. The van der Waals surface area contributed by atoms with Crippen molar-refractivity contribution in [3.8, 4) is 0 Å². The van der Waals surface area contributed by atoms with Crippen LogP contribution >= 0.6 is 15.9 Å². The second-order valence-corrected chi connectivity index (χ2v) is 8.15. The summed E-state index contributed by atoms with van der Waals surface area (Å²) in [5.74, 6) is 0.581. The summed E-state index contributed by atoms with van der Waals surface area (Å²) in [5.41, 5.74) is 8.31. The molecule has 0 unspecified atom stereocenters. The van der Waals surface area contributed by atoms with Gasteiger partial charge < -0.3 is 5.73 Å². The van der Waals surface area contributed by atoms with Crippen LogP contribution in [-0.4, -0.2) is 9.97 Å². The van der Waals surface area contributed by atoms with Crippen molar-refractivity contribution in [2.24, 2.45) is 0 Å². The van der Waals surface area contributed by atoms with Crippen molar-refractivity contribution in [3.63, 3.8) is 0 Å². The molecule has 2 N–H and O–H groups in total. The summed E-state index contributed by atoms with van der Waals surface area (Å²) >= 11 is 3.30. The Balaban J connectivity index is 0.000000220. The fourth-order valence-electron chi connectivity index (χ4n) is 1.67. The van der Waals surface area contributed by atoms with E-state index in [1.165, 1.54) is 11.1 Å². The van der Waals surface area contributed by atoms with Gasteiger partial charge in [-0.25, -0.2) is 9.97 Å². The molecule has 0 fully saturated rings. The fraction of sp³-hybridized carbons (Fsp3) is 0.444. The number of aromatic nitrogens is 2. The van der Waals surface area contributed by atoms with Crippen molar-refractivity contribution in [3.05, 3.63) is 52.4 Å². The summed E-state index contributed by atoms with van der Waals surface area (Å²) in [5, 5.41) is 0. The Morgan fingerprint density at radius 3 is 1.55 bits per heavy atom. The van der Waals surface area contributed by atoms with Crippen LogP contribution in [0.2, 0.25) is 0 Å². The highest BCUT2D eigenvalue weighted by Crippen LogP contribution is 2.22. The van der Waals surface area contributed by atoms with E-state index in [0.29, 0.717) is 5.82 Å². The lowest BCUT2D eigenvalue weighted by Gasteiger charge is -2.17. The minimum atomic E-state index is 0.167. The summed E-state index contributed by atoms with van der Waals surface area (Å²) in [6.45, 7) is 13.0. The molecule has 0 aliphatic carbocycles. The van der Waals surface area contributed by atoms with Gasteiger partial charge in [0.05, 0.1) is 0 Å². The van der Waals surface area contributed by atoms with E-state index < -0.39 is 0 Å². The predicted octanol–water partition coefficient (Wildman–Crippen LogP) is 5.10. The lowest BCUT2D eigenvalue weighted by atomic mass is 9.88. The average molecular weight is 364 g/mol. The van der Waals surface area contributed by atoms with Crippen LogP contribution in [0.5, 0.6) is 0 Å². The number of pyridine rings is 2. The van der Waals surface area contributed by atoms with Crippen LogP contribution in [0, 0.1) is 0 Å². The Morgan fingerprint density at radius 2 is 1.23 bits per heavy atom. The number of nitrogens with two attached hydrogens (primary N) is 1. The second kappa shape index (κ2) is 7.23. The zero-order valence-corrected chi connectivity index (χ0v) is 15.9. The molecule has 2 aromatic rings. The fourth-order valence-corrected chi connectivity index (χ4v) is 1.90. The van der Waals surface area contributed by atoms with Crippen molar-refractivity contribution in [1.29, 1.82) is 0 Å². The van der Waals surface area contributed by atoms with Gasteiger partial charge in [-0.15, -0.1) is 0 Å². The minimum Gasteiger partial charge on any atom is -0.384 e. The maximum absolute atomic E-state index is 5.46. The van der Waals surface area contributed by atoms with Gasteiger partial charge in [-0.3, -0.25) is 0 Å². The largest absolute Gasteiger partial charge is 0.384 e. The average Bonchev–Trinajstić information content (AvgIpc) is 2.38. The van der Waals surface area contributed by atoms with Gasteiger partial charge >= 0.3 is 0 Å². The second-order valence-electron chi connectivity index (χ2n) is 7.34. The van der Waals surface area contributed by atoms with Gasteiger partial charge in [-0.1, -0.05) is 53.7 Å². The molecule has 0 saturated heterocycles. The number of nitrogens with zero attached hydrogens (tertiary/aromatic N) is 2. The van der Waals surface area contributed by atoms with Crippen LogP contribution in [0.1, 0.15) is 52.7 Å². The van der Waals surface area contributed by atoms with Gasteiger partial charge in [-0.2, -0.15) is 0 Å². The van der Waals surface area contributed by atoms with Crippen molar-refractivity contribution in [2.75, 3.05) is 5.73 Å². The van der Waals surface area contributed by atoms with E-state index in [9.17, 15) is 0 Å². The third kappa shape index (κ3) is 6.14. The lowest BCUT2D eigenvalue weighted by Crippen LogP contribution is -2.11. The molecule has 0 atom stereocenters. The molecule has 4 heteroatoms. The quantitative estimate of drug-likeness (QED) is 0.662. The topological polar surface area (TPSA) is 51.8 Å². The molecule has 0 saturated carbocycles. The highest BCUT2D eigenvalue weighted by atomic mass is 79.9. The van der Waals surface area contributed by atoms with Crippen molar-refractivity contribution in [2.45, 2.75) is 52.4 Å². The van der Waals surface area contributed by atoms with E-state index in [1.807, 2.05) is 30.6 Å². The van der Waals surface area contributed by atoms with Gasteiger partial charge in [-0.05, 0) is 50.0 Å². The first-order chi connectivity index (χ1) is 10.00. The summed E-state index contributed by atoms with van der Waals surface area (Å²) in [6, 6.07) is 7.92. The van der Waals surface area contributed by atoms with Crippen molar-refractivity contribution in [1.82, 2.24) is 9.97 Å². The van der Waals surface area contributed by atoms with Gasteiger partial charge in [0.1, 0.15) is 10.4 Å². The van der Waals surface area contributed by atoms with Gasteiger partial charge in [0.2, 0.25) is 0 Å². The Bertz CT molecular complexity index is 520. The van der Waals surface area contributed by atoms with Crippen molar-refractivity contribution >= 4 is 21.7 Å². The standard InChI is InChI=1S/C9H12BrN.C9H14N2/c2*1-9(2,3)7-4-5-8(10)11-6-7/h4-6H,1-3H3;4-6H,1-3H3,(H2,10,11). The SMILES string of the molecule is CC(C)(C)c1ccc(Br)nc1.CC(C)(C)c1ccc(N)nc1. The van der Waals surface area contributed by atoms with Gasteiger partial charge in [0.15, 0.2) is 0 Å². The van der Waals surface area contributed by atoms with Gasteiger partial charge in [0.25, 0.3) is 0 Å². The van der Waals surface area contributed by atoms with Crippen LogP contribution in [0.15, 0.2) is 41.3 Å². The van der Waals surface area contributed by atoms with E-state index in [0.717, 1.165) is 4.60 Å². The number of halogens is 1. The highest BCUT2D eigenvalue weighted by Gasteiger charge is 2.13. The third-order valence-corrected chi connectivity index (χ3v) is 3.71. The highest BCUT2D eigenvalue weighted by molar-refractivity contribution is 9.10. The molecular weight excluding hydrogens is 338 g/mol. The van der Waals surface area contributed by atoms with Crippen LogP contribution in [0.25, 0.3) is 0 Å². The molecule has 22 heavy (non-hydrogen) atoms. The molecule has 0 amide bonds. The summed E-state index contributed by atoms with van der Waals surface area (Å²) < 4.78 is 0.894. The zero-order chi connectivity index (χ0) is 17.0. The molecule has 0 radical (unpaired) electrons. The Labute approximate surface area is 142 Å². The van der Waals surface area contributed by atoms with Crippen molar-refractivity contribution < 1.29 is 0 Å². The first-order valence-corrected chi connectivity index (χ1v) is 8.13. The molecule has 120 valence electrons. The van der Waals surface area contributed by atoms with E-state index in [-0.39, 0.29) is 10.8 Å². The zero-order valence-electron chi connectivity index (χ0n) is 14.3. The maximum atomic E-state index is 5.46. The summed E-state index contributed by atoms with van der Waals surface area (Å²) in [7, 11) is 0. The van der Waals surface area contributed by atoms with Crippen LogP contribution in [-0.2, 0) is 10.8 Å². The number of hydrogen-bond acceptors (Lipinski definition) is 3. The molecule has 2 rings (SSSR count). The van der Waals surface area contributed by atoms with E-state index in [4.69, 9.17) is 5.73 Å². The Kier molecular flexibility index (Phi) is 6.12. The molecule has 3 nitrogen and oxygen atoms in total. The smallest absolute Gasteiger partial charge is 0.123 e. The number of nitrogen functional groups attached to an aromatic ring is 1. The number of hydrogen-bond donors (Lipinski definition) is 1. The number of rotatable bonds is 0. The molecular formula is C18H26BrN3. The normalized spacial score (nSPS) is 11.6. The van der Waals surface area contributed by atoms with E-state index >= 15 is 0 Å². The van der Waals surface area contributed by atoms with Crippen LogP contribution in [0.3, 0.4) is 0 Å². The molecule has 0 spiro atoms. The monoisotopic (exact) mass is 363 g/mol. The van der Waals surface area contributed by atoms with Crippen LogP contribution < -0.4 is 5.73 Å². The Morgan fingerprint density at radius 1 is 0.773 bits per heavy atom. The molecule has 0 bridgehead atoms. The lowest BCUT2D eigenvalue weighted by molar-refractivity contribution is 0.587. The summed E-state index contributed by atoms with van der Waals surface area (Å²) in [4.78, 5) is 8.19. The molecule has 0 aliphatic heterocycles. The molecule has 0 aliphatic rings. The Hall–Kier alpha value is -1.42. The van der Waals surface area contributed by atoms with Crippen LogP contribution in [0.4, 0.5) is 5.82 Å². The predicted molar refractivity (Wildman–Crippen MR) is 98.0 cm³/mol. The minimum absolute atomic E-state index is 0.167. The van der Waals surface area contributed by atoms with E-state index in [2.05, 4.69) is 73.5 Å². The van der Waals surface area contributed by atoms with E-state index in [1.54, 1.807) is 0 Å². The molecule has 0 aromatic carbocycles.